The van der Waals surface area contributed by atoms with Crippen molar-refractivity contribution in [2.45, 2.75) is 11.0 Å². The Balaban J connectivity index is 1.95. The van der Waals surface area contributed by atoms with E-state index in [4.69, 9.17) is 9.47 Å². The van der Waals surface area contributed by atoms with Crippen molar-refractivity contribution in [1.29, 1.82) is 0 Å². The van der Waals surface area contributed by atoms with Crippen molar-refractivity contribution in [2.75, 3.05) is 14.2 Å². The molecule has 6 nitrogen and oxygen atoms in total. The van der Waals surface area contributed by atoms with Crippen LogP contribution in [0.3, 0.4) is 0 Å². The second-order valence-corrected chi connectivity index (χ2v) is 8.54. The largest absolute Gasteiger partial charge is 0.497 e. The Bertz CT molecular complexity index is 1280. The number of fused-ring (bicyclic) bond motifs is 1. The van der Waals surface area contributed by atoms with Crippen LogP contribution in [0.4, 0.5) is 0 Å². The molecule has 7 heteroatoms. The highest BCUT2D eigenvalue weighted by molar-refractivity contribution is 7.90. The van der Waals surface area contributed by atoms with E-state index in [0.717, 1.165) is 0 Å². The molecule has 0 bridgehead atoms. The number of hydrogen-bond donors (Lipinski definition) is 1. The van der Waals surface area contributed by atoms with Crippen molar-refractivity contribution < 1.29 is 23.0 Å². The van der Waals surface area contributed by atoms with Crippen LogP contribution in [-0.2, 0) is 10.0 Å². The van der Waals surface area contributed by atoms with Gasteiger partial charge in [0.1, 0.15) is 17.6 Å². The number of aliphatic hydroxyl groups excluding tert-OH is 1. The third-order valence-electron chi connectivity index (χ3n) is 4.98. The molecule has 0 amide bonds. The highest BCUT2D eigenvalue weighted by Crippen LogP contribution is 2.34. The second kappa shape index (κ2) is 7.85. The van der Waals surface area contributed by atoms with Crippen LogP contribution in [0.5, 0.6) is 11.5 Å². The molecule has 0 aliphatic rings. The Labute approximate surface area is 175 Å². The number of nitrogens with zero attached hydrogens (tertiary/aromatic N) is 1. The van der Waals surface area contributed by atoms with Crippen molar-refractivity contribution >= 4 is 20.9 Å². The molecule has 0 saturated carbocycles. The number of methoxy groups -OCH3 is 2. The highest BCUT2D eigenvalue weighted by atomic mass is 32.2. The van der Waals surface area contributed by atoms with Crippen LogP contribution in [0.1, 0.15) is 17.4 Å². The van der Waals surface area contributed by atoms with E-state index in [1.54, 1.807) is 80.9 Å². The molecule has 3 aromatic carbocycles. The molecule has 30 heavy (non-hydrogen) atoms. The van der Waals surface area contributed by atoms with E-state index in [9.17, 15) is 13.5 Å². The molecule has 154 valence electrons. The zero-order valence-electron chi connectivity index (χ0n) is 16.5. The minimum atomic E-state index is -3.95. The van der Waals surface area contributed by atoms with Gasteiger partial charge in [-0.3, -0.25) is 0 Å². The molecule has 0 fully saturated rings. The molecule has 1 heterocycles. The van der Waals surface area contributed by atoms with E-state index in [1.807, 2.05) is 0 Å². The molecule has 0 saturated heterocycles. The van der Waals surface area contributed by atoms with Gasteiger partial charge in [-0.05, 0) is 54.1 Å². The van der Waals surface area contributed by atoms with Gasteiger partial charge in [-0.25, -0.2) is 12.4 Å². The molecular weight excluding hydrogens is 402 g/mol. The highest BCUT2D eigenvalue weighted by Gasteiger charge is 2.27. The van der Waals surface area contributed by atoms with Crippen LogP contribution < -0.4 is 9.47 Å². The third-order valence-corrected chi connectivity index (χ3v) is 6.74. The summed E-state index contributed by atoms with van der Waals surface area (Å²) in [7, 11) is -0.841. The summed E-state index contributed by atoms with van der Waals surface area (Å²) < 4.78 is 38.7. The fraction of sp³-hybridized carbons (Fsp3) is 0.130. The third kappa shape index (κ3) is 3.42. The van der Waals surface area contributed by atoms with Crippen LogP contribution in [0, 0.1) is 0 Å². The number of ether oxygens (including phenoxy) is 2. The molecule has 1 aromatic heterocycles. The van der Waals surface area contributed by atoms with Gasteiger partial charge in [0, 0.05) is 5.39 Å². The topological polar surface area (TPSA) is 77.8 Å². The lowest BCUT2D eigenvalue weighted by Crippen LogP contribution is -2.18. The number of rotatable bonds is 6. The molecule has 1 atom stereocenters. The first-order valence-corrected chi connectivity index (χ1v) is 10.7. The van der Waals surface area contributed by atoms with Crippen LogP contribution in [-0.4, -0.2) is 31.7 Å². The average Bonchev–Trinajstić information content (AvgIpc) is 3.18. The Morgan fingerprint density at radius 3 is 2.10 bits per heavy atom. The van der Waals surface area contributed by atoms with Crippen LogP contribution in [0.15, 0.2) is 83.8 Å². The van der Waals surface area contributed by atoms with Crippen LogP contribution >= 0.6 is 0 Å². The lowest BCUT2D eigenvalue weighted by molar-refractivity contribution is 0.214. The zero-order chi connectivity index (χ0) is 21.3. The van der Waals surface area contributed by atoms with Gasteiger partial charge in [-0.1, -0.05) is 30.3 Å². The van der Waals surface area contributed by atoms with Gasteiger partial charge in [-0.15, -0.1) is 0 Å². The fourth-order valence-electron chi connectivity index (χ4n) is 3.43. The Kier molecular flexibility index (Phi) is 5.24. The minimum Gasteiger partial charge on any atom is -0.497 e. The summed E-state index contributed by atoms with van der Waals surface area (Å²) >= 11 is 0. The lowest BCUT2D eigenvalue weighted by Gasteiger charge is -2.17. The fourth-order valence-corrected chi connectivity index (χ4v) is 5.00. The summed E-state index contributed by atoms with van der Waals surface area (Å²) in [6.45, 7) is 0. The van der Waals surface area contributed by atoms with Gasteiger partial charge in [0.2, 0.25) is 0 Å². The summed E-state index contributed by atoms with van der Waals surface area (Å²) in [6, 6.07) is 21.8. The summed E-state index contributed by atoms with van der Waals surface area (Å²) in [4.78, 5) is 0.140. The van der Waals surface area contributed by atoms with Gasteiger partial charge in [-0.2, -0.15) is 0 Å². The first-order valence-electron chi connectivity index (χ1n) is 9.27. The van der Waals surface area contributed by atoms with E-state index in [2.05, 4.69) is 0 Å². The Hall–Kier alpha value is -3.29. The second-order valence-electron chi connectivity index (χ2n) is 6.75. The molecule has 4 rings (SSSR count). The monoisotopic (exact) mass is 423 g/mol. The van der Waals surface area contributed by atoms with Gasteiger partial charge in [0.15, 0.2) is 0 Å². The summed E-state index contributed by atoms with van der Waals surface area (Å²) in [6.07, 6.45) is -1.16. The van der Waals surface area contributed by atoms with Gasteiger partial charge in [0.05, 0.1) is 30.3 Å². The van der Waals surface area contributed by atoms with Gasteiger partial charge >= 0.3 is 0 Å². The van der Waals surface area contributed by atoms with Crippen molar-refractivity contribution in [2.24, 2.45) is 0 Å². The lowest BCUT2D eigenvalue weighted by atomic mass is 10.1. The predicted molar refractivity (Wildman–Crippen MR) is 115 cm³/mol. The average molecular weight is 423 g/mol. The van der Waals surface area contributed by atoms with E-state index < -0.39 is 16.1 Å². The van der Waals surface area contributed by atoms with E-state index in [1.165, 1.54) is 16.1 Å². The first-order chi connectivity index (χ1) is 14.5. The zero-order valence-corrected chi connectivity index (χ0v) is 17.3. The van der Waals surface area contributed by atoms with Gasteiger partial charge in [0.25, 0.3) is 10.0 Å². The quantitative estimate of drug-likeness (QED) is 0.508. The maximum absolute atomic E-state index is 13.5. The van der Waals surface area contributed by atoms with Crippen molar-refractivity contribution in [1.82, 2.24) is 3.97 Å². The molecule has 0 spiro atoms. The van der Waals surface area contributed by atoms with Crippen LogP contribution in [0.25, 0.3) is 10.9 Å². The van der Waals surface area contributed by atoms with Crippen molar-refractivity contribution in [3.8, 4) is 11.5 Å². The van der Waals surface area contributed by atoms with E-state index >= 15 is 0 Å². The Morgan fingerprint density at radius 1 is 0.833 bits per heavy atom. The number of aliphatic hydroxyl groups is 1. The van der Waals surface area contributed by atoms with Crippen LogP contribution in [0.2, 0.25) is 0 Å². The SMILES string of the molecule is COc1ccc(C(O)c2cc3cc(OC)ccc3n2S(=O)(=O)c2ccccc2)cc1. The summed E-state index contributed by atoms with van der Waals surface area (Å²) in [5.41, 5.74) is 1.25. The first kappa shape index (κ1) is 20.0. The van der Waals surface area contributed by atoms with Crippen molar-refractivity contribution in [3.63, 3.8) is 0 Å². The van der Waals surface area contributed by atoms with Crippen molar-refractivity contribution in [3.05, 3.63) is 90.1 Å². The molecular formula is C23H21NO5S. The maximum atomic E-state index is 13.5. The number of benzene rings is 3. The van der Waals surface area contributed by atoms with E-state index in [0.29, 0.717) is 28.0 Å². The molecule has 0 aliphatic heterocycles. The molecule has 0 radical (unpaired) electrons. The normalized spacial score (nSPS) is 12.6. The minimum absolute atomic E-state index is 0.140. The Morgan fingerprint density at radius 2 is 1.47 bits per heavy atom. The molecule has 1 unspecified atom stereocenters. The van der Waals surface area contributed by atoms with E-state index in [-0.39, 0.29) is 10.6 Å². The number of hydrogen-bond acceptors (Lipinski definition) is 5. The summed E-state index contributed by atoms with van der Waals surface area (Å²) in [5, 5.41) is 11.8. The molecule has 0 aliphatic carbocycles. The molecule has 4 aromatic rings. The standard InChI is InChI=1S/C23H21NO5S/c1-28-18-10-8-16(9-11-18)23(25)22-15-17-14-19(29-2)12-13-21(17)24(22)30(26,27)20-6-4-3-5-7-20/h3-15,23,25H,1-2H3. The predicted octanol–water partition coefficient (Wildman–Crippen LogP) is 3.98. The summed E-state index contributed by atoms with van der Waals surface area (Å²) in [5.74, 6) is 1.25. The van der Waals surface area contributed by atoms with Gasteiger partial charge < -0.3 is 14.6 Å². The molecule has 1 N–H and O–H groups in total. The maximum Gasteiger partial charge on any atom is 0.268 e. The number of aromatic nitrogens is 1. The smallest absolute Gasteiger partial charge is 0.268 e.